The molecule has 0 saturated carbocycles. The maximum Gasteiger partial charge on any atom is 0.573 e. The number of ether oxygens (including phenoxy) is 3. The average molecular weight is 445 g/mol. The van der Waals surface area contributed by atoms with Crippen LogP contribution in [0.2, 0.25) is 0 Å². The van der Waals surface area contributed by atoms with Crippen molar-refractivity contribution in [2.24, 2.45) is 0 Å². The molecule has 7 nitrogen and oxygen atoms in total. The van der Waals surface area contributed by atoms with Crippen LogP contribution >= 0.6 is 0 Å². The summed E-state index contributed by atoms with van der Waals surface area (Å²) in [5, 5.41) is 0. The van der Waals surface area contributed by atoms with Gasteiger partial charge in [-0.3, -0.25) is 0 Å². The number of hydrogen-bond donors (Lipinski definition) is 0. The zero-order chi connectivity index (χ0) is 21.8. The van der Waals surface area contributed by atoms with Crippen LogP contribution in [0, 0.1) is 0 Å². The van der Waals surface area contributed by atoms with Gasteiger partial charge in [-0.25, -0.2) is 13.2 Å². The smallest absolute Gasteiger partial charge is 0.457 e. The van der Waals surface area contributed by atoms with Crippen molar-refractivity contribution in [2.75, 3.05) is 26.3 Å². The molecule has 0 bridgehead atoms. The number of esters is 1. The van der Waals surface area contributed by atoms with Crippen LogP contribution in [0.3, 0.4) is 0 Å². The lowest BCUT2D eigenvalue weighted by Crippen LogP contribution is -2.40. The molecule has 11 heteroatoms. The van der Waals surface area contributed by atoms with E-state index >= 15 is 0 Å². The van der Waals surface area contributed by atoms with E-state index in [0.717, 1.165) is 24.3 Å². The first-order chi connectivity index (χ1) is 14.1. The average Bonchev–Trinajstić information content (AvgIpc) is 2.72. The Balaban J connectivity index is 1.63. The number of morpholine rings is 1. The first-order valence-electron chi connectivity index (χ1n) is 8.85. The second-order valence-electron chi connectivity index (χ2n) is 6.31. The molecule has 30 heavy (non-hydrogen) atoms. The second-order valence-corrected chi connectivity index (χ2v) is 8.25. The highest BCUT2D eigenvalue weighted by Gasteiger charge is 2.31. The second kappa shape index (κ2) is 9.02. The molecule has 162 valence electrons. The van der Waals surface area contributed by atoms with Crippen LogP contribution in [0.5, 0.6) is 5.75 Å². The molecule has 0 spiro atoms. The monoisotopic (exact) mass is 445 g/mol. The fourth-order valence-corrected chi connectivity index (χ4v) is 4.24. The number of sulfonamides is 1. The zero-order valence-corrected chi connectivity index (χ0v) is 16.4. The van der Waals surface area contributed by atoms with Crippen molar-refractivity contribution in [3.8, 4) is 5.75 Å². The van der Waals surface area contributed by atoms with Crippen LogP contribution in [0.4, 0.5) is 13.2 Å². The Morgan fingerprint density at radius 2 is 1.73 bits per heavy atom. The molecule has 1 saturated heterocycles. The minimum absolute atomic E-state index is 0.0293. The van der Waals surface area contributed by atoms with Gasteiger partial charge in [-0.2, -0.15) is 4.31 Å². The van der Waals surface area contributed by atoms with E-state index in [1.54, 1.807) is 12.1 Å². The molecule has 0 unspecified atom stereocenters. The van der Waals surface area contributed by atoms with Crippen LogP contribution in [0.1, 0.15) is 15.9 Å². The Morgan fingerprint density at radius 3 is 2.37 bits per heavy atom. The summed E-state index contributed by atoms with van der Waals surface area (Å²) in [6.45, 7) is 0.962. The molecule has 0 radical (unpaired) electrons. The number of carbonyl (C=O) groups is 1. The van der Waals surface area contributed by atoms with E-state index in [1.807, 2.05) is 0 Å². The van der Waals surface area contributed by atoms with Gasteiger partial charge in [0.15, 0.2) is 0 Å². The van der Waals surface area contributed by atoms with Crippen molar-refractivity contribution in [3.05, 3.63) is 59.7 Å². The summed E-state index contributed by atoms with van der Waals surface area (Å²) in [6.07, 6.45) is -4.82. The van der Waals surface area contributed by atoms with Crippen molar-refractivity contribution < 1.29 is 40.6 Å². The normalized spacial score (nSPS) is 15.6. The predicted octanol–water partition coefficient (Wildman–Crippen LogP) is 2.96. The standard InChI is InChI=1S/C19H18F3NO6S/c20-19(21,22)29-16-6-4-15(5-7-16)18(24)28-13-14-2-1-3-17(12-14)30(25,26)23-8-10-27-11-9-23/h1-7,12H,8-11,13H2. The lowest BCUT2D eigenvalue weighted by Gasteiger charge is -2.26. The molecule has 0 aliphatic carbocycles. The summed E-state index contributed by atoms with van der Waals surface area (Å²) >= 11 is 0. The van der Waals surface area contributed by atoms with Crippen LogP contribution in [-0.4, -0.2) is 51.4 Å². The van der Waals surface area contributed by atoms with Crippen LogP contribution < -0.4 is 4.74 Å². The third kappa shape index (κ3) is 5.71. The summed E-state index contributed by atoms with van der Waals surface area (Å²) in [6, 6.07) is 10.3. The van der Waals surface area contributed by atoms with E-state index in [4.69, 9.17) is 9.47 Å². The van der Waals surface area contributed by atoms with Crippen molar-refractivity contribution >= 4 is 16.0 Å². The number of nitrogens with zero attached hydrogens (tertiary/aromatic N) is 1. The molecule has 3 rings (SSSR count). The number of alkyl halides is 3. The third-order valence-electron chi connectivity index (χ3n) is 4.20. The lowest BCUT2D eigenvalue weighted by molar-refractivity contribution is -0.274. The fourth-order valence-electron chi connectivity index (χ4n) is 2.76. The highest BCUT2D eigenvalue weighted by molar-refractivity contribution is 7.89. The van der Waals surface area contributed by atoms with Crippen molar-refractivity contribution in [1.29, 1.82) is 0 Å². The maximum absolute atomic E-state index is 12.7. The van der Waals surface area contributed by atoms with E-state index in [1.165, 1.54) is 16.4 Å². The minimum atomic E-state index is -4.82. The largest absolute Gasteiger partial charge is 0.573 e. The van der Waals surface area contributed by atoms with E-state index in [2.05, 4.69) is 4.74 Å². The Kier molecular flexibility index (Phi) is 6.64. The van der Waals surface area contributed by atoms with Crippen LogP contribution in [0.15, 0.2) is 53.4 Å². The van der Waals surface area contributed by atoms with Crippen molar-refractivity contribution in [3.63, 3.8) is 0 Å². The van der Waals surface area contributed by atoms with Gasteiger partial charge in [-0.1, -0.05) is 12.1 Å². The number of rotatable bonds is 6. The minimum Gasteiger partial charge on any atom is -0.457 e. The molecular weight excluding hydrogens is 427 g/mol. The molecule has 2 aromatic rings. The molecule has 2 aromatic carbocycles. The quantitative estimate of drug-likeness (QED) is 0.636. The summed E-state index contributed by atoms with van der Waals surface area (Å²) in [5.41, 5.74) is 0.483. The van der Waals surface area contributed by atoms with E-state index in [9.17, 15) is 26.4 Å². The molecule has 0 amide bonds. The highest BCUT2D eigenvalue weighted by Crippen LogP contribution is 2.23. The molecule has 1 aliphatic rings. The van der Waals surface area contributed by atoms with E-state index in [-0.39, 0.29) is 30.2 Å². The molecule has 1 fully saturated rings. The fraction of sp³-hybridized carbons (Fsp3) is 0.316. The number of halogens is 3. The van der Waals surface area contributed by atoms with Gasteiger partial charge in [0, 0.05) is 13.1 Å². The Bertz CT molecular complexity index is 986. The summed E-state index contributed by atoms with van der Waals surface area (Å²) in [7, 11) is -3.69. The van der Waals surface area contributed by atoms with Gasteiger partial charge in [0.1, 0.15) is 12.4 Å². The zero-order valence-electron chi connectivity index (χ0n) is 15.6. The van der Waals surface area contributed by atoms with Crippen molar-refractivity contribution in [1.82, 2.24) is 4.31 Å². The summed E-state index contributed by atoms with van der Waals surface area (Å²) in [4.78, 5) is 12.2. The van der Waals surface area contributed by atoms with Crippen LogP contribution in [-0.2, 0) is 26.1 Å². The number of benzene rings is 2. The molecule has 1 heterocycles. The van der Waals surface area contributed by atoms with E-state index < -0.39 is 28.1 Å². The molecule has 0 aromatic heterocycles. The Morgan fingerprint density at radius 1 is 1.07 bits per heavy atom. The van der Waals surface area contributed by atoms with Gasteiger partial charge in [-0.05, 0) is 42.0 Å². The Hall–Kier alpha value is -2.63. The van der Waals surface area contributed by atoms with Gasteiger partial charge in [0.25, 0.3) is 0 Å². The maximum atomic E-state index is 12.7. The third-order valence-corrected chi connectivity index (χ3v) is 6.09. The van der Waals surface area contributed by atoms with Gasteiger partial charge in [-0.15, -0.1) is 13.2 Å². The molecular formula is C19H18F3NO6S. The molecule has 0 atom stereocenters. The van der Waals surface area contributed by atoms with Gasteiger partial charge in [0.05, 0.1) is 23.7 Å². The first-order valence-corrected chi connectivity index (χ1v) is 10.3. The topological polar surface area (TPSA) is 82.1 Å². The van der Waals surface area contributed by atoms with Gasteiger partial charge < -0.3 is 14.2 Å². The first kappa shape index (κ1) is 22.1. The van der Waals surface area contributed by atoms with Gasteiger partial charge >= 0.3 is 12.3 Å². The lowest BCUT2D eigenvalue weighted by atomic mass is 10.2. The van der Waals surface area contributed by atoms with Crippen molar-refractivity contribution in [2.45, 2.75) is 17.9 Å². The van der Waals surface area contributed by atoms with Crippen LogP contribution in [0.25, 0.3) is 0 Å². The predicted molar refractivity (Wildman–Crippen MR) is 98.3 cm³/mol. The van der Waals surface area contributed by atoms with Gasteiger partial charge in [0.2, 0.25) is 10.0 Å². The highest BCUT2D eigenvalue weighted by atomic mass is 32.2. The number of hydrogen-bond acceptors (Lipinski definition) is 6. The molecule has 1 aliphatic heterocycles. The Labute approximate surface area is 171 Å². The summed E-state index contributed by atoms with van der Waals surface area (Å²) < 4.78 is 77.3. The molecule has 0 N–H and O–H groups in total. The number of carbonyl (C=O) groups excluding carboxylic acids is 1. The summed E-state index contributed by atoms with van der Waals surface area (Å²) in [5.74, 6) is -1.23. The van der Waals surface area contributed by atoms with E-state index in [0.29, 0.717) is 18.8 Å². The SMILES string of the molecule is O=C(OCc1cccc(S(=O)(=O)N2CCOCC2)c1)c1ccc(OC(F)(F)F)cc1.